The summed E-state index contributed by atoms with van der Waals surface area (Å²) in [4.78, 5) is 0. The molecule has 4 rings (SSSR count). The predicted octanol–water partition coefficient (Wildman–Crippen LogP) is 6.72. The van der Waals surface area contributed by atoms with Crippen molar-refractivity contribution in [2.45, 2.75) is 52.9 Å². The van der Waals surface area contributed by atoms with Crippen LogP contribution in [-0.4, -0.2) is 0 Å². The maximum atomic E-state index is 5.97. The van der Waals surface area contributed by atoms with Gasteiger partial charge in [0.1, 0.15) is 12.4 Å². The summed E-state index contributed by atoms with van der Waals surface area (Å²) < 4.78 is 17.8. The molecule has 0 fully saturated rings. The van der Waals surface area contributed by atoms with Crippen LogP contribution in [0.4, 0.5) is 0 Å². The Morgan fingerprint density at radius 1 is 0.500 bits per heavy atom. The number of hydrogen-bond donors (Lipinski definition) is 1. The molecule has 4 aromatic rings. The third kappa shape index (κ3) is 8.06. The van der Waals surface area contributed by atoms with E-state index >= 15 is 0 Å². The van der Waals surface area contributed by atoms with Crippen LogP contribution in [0, 0.1) is 0 Å². The van der Waals surface area contributed by atoms with E-state index in [9.17, 15) is 0 Å². The second-order valence-corrected chi connectivity index (χ2v) is 8.93. The highest BCUT2D eigenvalue weighted by atomic mass is 16.5. The Kier molecular flexibility index (Phi) is 9.69. The molecule has 0 aromatic heterocycles. The van der Waals surface area contributed by atoms with Gasteiger partial charge in [-0.1, -0.05) is 91.9 Å². The number of hydrogen-bond acceptors (Lipinski definition) is 4. The molecule has 0 saturated carbocycles. The van der Waals surface area contributed by atoms with Crippen LogP contribution in [0.2, 0.25) is 0 Å². The zero-order valence-corrected chi connectivity index (χ0v) is 21.0. The molecule has 0 aliphatic heterocycles. The number of rotatable bonds is 13. The van der Waals surface area contributed by atoms with Crippen molar-refractivity contribution in [1.29, 1.82) is 0 Å². The van der Waals surface area contributed by atoms with Crippen LogP contribution >= 0.6 is 0 Å². The van der Waals surface area contributed by atoms with Crippen molar-refractivity contribution in [1.82, 2.24) is 0 Å². The molecule has 36 heavy (non-hydrogen) atoms. The Morgan fingerprint density at radius 2 is 0.944 bits per heavy atom. The minimum absolute atomic E-state index is 0.517. The normalized spacial score (nSPS) is 10.9. The first kappa shape index (κ1) is 25.6. The van der Waals surface area contributed by atoms with Gasteiger partial charge >= 0.3 is 0 Å². The molecule has 4 aromatic carbocycles. The van der Waals surface area contributed by atoms with Gasteiger partial charge < -0.3 is 19.9 Å². The molecular formula is C32H35NO3. The fourth-order valence-electron chi connectivity index (χ4n) is 3.94. The van der Waals surface area contributed by atoms with Gasteiger partial charge in [-0.2, -0.15) is 0 Å². The SMILES string of the molecule is CCc1cccc(COCc2ccc(COCc3cccc(COc4ccc(CN)cc4)c3)cc2)c1. The third-order valence-corrected chi connectivity index (χ3v) is 6.05. The predicted molar refractivity (Wildman–Crippen MR) is 144 cm³/mol. The van der Waals surface area contributed by atoms with E-state index in [0.29, 0.717) is 39.6 Å². The van der Waals surface area contributed by atoms with Gasteiger partial charge in [0.05, 0.1) is 26.4 Å². The van der Waals surface area contributed by atoms with Gasteiger partial charge in [-0.3, -0.25) is 0 Å². The molecule has 4 heteroatoms. The molecular weight excluding hydrogens is 446 g/mol. The molecule has 0 heterocycles. The van der Waals surface area contributed by atoms with Crippen molar-refractivity contribution in [2.24, 2.45) is 5.73 Å². The Balaban J connectivity index is 1.18. The highest BCUT2D eigenvalue weighted by molar-refractivity contribution is 5.29. The van der Waals surface area contributed by atoms with E-state index in [1.54, 1.807) is 0 Å². The van der Waals surface area contributed by atoms with E-state index in [1.807, 2.05) is 30.3 Å². The van der Waals surface area contributed by atoms with Crippen molar-refractivity contribution in [2.75, 3.05) is 0 Å². The van der Waals surface area contributed by atoms with Crippen molar-refractivity contribution >= 4 is 0 Å². The van der Waals surface area contributed by atoms with Gasteiger partial charge in [0.2, 0.25) is 0 Å². The molecule has 0 spiro atoms. The lowest BCUT2D eigenvalue weighted by atomic mass is 10.1. The third-order valence-electron chi connectivity index (χ3n) is 6.05. The number of ether oxygens (including phenoxy) is 3. The summed E-state index contributed by atoms with van der Waals surface area (Å²) in [7, 11) is 0. The van der Waals surface area contributed by atoms with Gasteiger partial charge in [0.15, 0.2) is 0 Å². The second kappa shape index (κ2) is 13.6. The average molecular weight is 482 g/mol. The second-order valence-electron chi connectivity index (χ2n) is 8.93. The van der Waals surface area contributed by atoms with E-state index in [0.717, 1.165) is 40.0 Å². The summed E-state index contributed by atoms with van der Waals surface area (Å²) in [5, 5.41) is 0. The smallest absolute Gasteiger partial charge is 0.119 e. The van der Waals surface area contributed by atoms with E-state index in [2.05, 4.69) is 73.7 Å². The molecule has 0 unspecified atom stereocenters. The zero-order chi connectivity index (χ0) is 25.0. The first-order valence-corrected chi connectivity index (χ1v) is 12.5. The van der Waals surface area contributed by atoms with Gasteiger partial charge in [-0.05, 0) is 57.5 Å². The highest BCUT2D eigenvalue weighted by Crippen LogP contribution is 2.16. The van der Waals surface area contributed by atoms with Gasteiger partial charge in [0, 0.05) is 6.54 Å². The standard InChI is InChI=1S/C32H35NO3/c1-2-25-5-3-6-29(17-25)22-34-20-27-9-11-28(12-10-27)21-35-23-30-7-4-8-31(18-30)24-36-32-15-13-26(19-33)14-16-32/h3-18H,2,19-24,33H2,1H3. The first-order valence-electron chi connectivity index (χ1n) is 12.5. The monoisotopic (exact) mass is 481 g/mol. The molecule has 2 N–H and O–H groups in total. The van der Waals surface area contributed by atoms with Gasteiger partial charge in [-0.15, -0.1) is 0 Å². The molecule has 0 aliphatic carbocycles. The van der Waals surface area contributed by atoms with Crippen LogP contribution in [0.5, 0.6) is 5.75 Å². The minimum Gasteiger partial charge on any atom is -0.489 e. The highest BCUT2D eigenvalue weighted by Gasteiger charge is 2.02. The largest absolute Gasteiger partial charge is 0.489 e. The van der Waals surface area contributed by atoms with Crippen LogP contribution in [0.3, 0.4) is 0 Å². The van der Waals surface area contributed by atoms with Crippen LogP contribution in [0.15, 0.2) is 97.1 Å². The fourth-order valence-corrected chi connectivity index (χ4v) is 3.94. The number of aryl methyl sites for hydroxylation is 1. The van der Waals surface area contributed by atoms with Crippen LogP contribution < -0.4 is 10.5 Å². The molecule has 0 amide bonds. The maximum Gasteiger partial charge on any atom is 0.119 e. The summed E-state index contributed by atoms with van der Waals surface area (Å²) in [6.45, 7) is 5.58. The van der Waals surface area contributed by atoms with Crippen molar-refractivity contribution < 1.29 is 14.2 Å². The summed E-state index contributed by atoms with van der Waals surface area (Å²) in [6.07, 6.45) is 1.04. The average Bonchev–Trinajstić information content (AvgIpc) is 2.93. The Hall–Kier alpha value is -3.44. The van der Waals surface area contributed by atoms with Crippen molar-refractivity contribution in [3.05, 3.63) is 136 Å². The minimum atomic E-state index is 0.517. The lowest BCUT2D eigenvalue weighted by Crippen LogP contribution is -1.99. The lowest BCUT2D eigenvalue weighted by molar-refractivity contribution is 0.105. The van der Waals surface area contributed by atoms with Crippen molar-refractivity contribution in [3.63, 3.8) is 0 Å². The van der Waals surface area contributed by atoms with E-state index < -0.39 is 0 Å². The van der Waals surface area contributed by atoms with E-state index in [1.165, 1.54) is 11.1 Å². The lowest BCUT2D eigenvalue weighted by Gasteiger charge is -2.10. The number of nitrogens with two attached hydrogens (primary N) is 1. The van der Waals surface area contributed by atoms with Crippen molar-refractivity contribution in [3.8, 4) is 5.75 Å². The molecule has 0 bridgehead atoms. The molecule has 4 nitrogen and oxygen atoms in total. The zero-order valence-electron chi connectivity index (χ0n) is 21.0. The summed E-state index contributed by atoms with van der Waals surface area (Å²) in [5.74, 6) is 0.841. The van der Waals surface area contributed by atoms with Gasteiger partial charge in [-0.25, -0.2) is 0 Å². The topological polar surface area (TPSA) is 53.7 Å². The Labute approximate surface area is 214 Å². The molecule has 0 aliphatic rings. The van der Waals surface area contributed by atoms with Crippen LogP contribution in [0.25, 0.3) is 0 Å². The molecule has 0 radical (unpaired) electrons. The molecule has 0 saturated heterocycles. The summed E-state index contributed by atoms with van der Waals surface area (Å²) >= 11 is 0. The summed E-state index contributed by atoms with van der Waals surface area (Å²) in [6, 6.07) is 33.2. The first-order chi connectivity index (χ1) is 17.7. The van der Waals surface area contributed by atoms with E-state index in [-0.39, 0.29) is 0 Å². The molecule has 186 valence electrons. The van der Waals surface area contributed by atoms with Crippen LogP contribution in [-0.2, 0) is 55.5 Å². The Bertz CT molecular complexity index is 1200. The maximum absolute atomic E-state index is 5.97. The van der Waals surface area contributed by atoms with Crippen LogP contribution in [0.1, 0.15) is 45.9 Å². The molecule has 0 atom stereocenters. The van der Waals surface area contributed by atoms with E-state index in [4.69, 9.17) is 19.9 Å². The number of benzene rings is 4. The fraction of sp³-hybridized carbons (Fsp3) is 0.250. The van der Waals surface area contributed by atoms with Gasteiger partial charge in [0.25, 0.3) is 0 Å². The Morgan fingerprint density at radius 3 is 1.47 bits per heavy atom. The quantitative estimate of drug-likeness (QED) is 0.230. The summed E-state index contributed by atoms with van der Waals surface area (Å²) in [5.41, 5.74) is 13.9.